The van der Waals surface area contributed by atoms with Gasteiger partial charge < -0.3 is 25.2 Å². The van der Waals surface area contributed by atoms with Crippen LogP contribution in [0.3, 0.4) is 0 Å². The van der Waals surface area contributed by atoms with Gasteiger partial charge in [-0.3, -0.25) is 9.69 Å². The second-order valence-corrected chi connectivity index (χ2v) is 9.87. The van der Waals surface area contributed by atoms with E-state index in [0.29, 0.717) is 34.4 Å². The molecule has 0 atom stereocenters. The molecule has 2 aromatic heterocycles. The summed E-state index contributed by atoms with van der Waals surface area (Å²) in [6.07, 6.45) is 3.46. The summed E-state index contributed by atoms with van der Waals surface area (Å²) >= 11 is 3.48. The number of rotatable bonds is 9. The van der Waals surface area contributed by atoms with E-state index in [2.05, 4.69) is 72.3 Å². The summed E-state index contributed by atoms with van der Waals surface area (Å²) in [6, 6.07) is 11.8. The van der Waals surface area contributed by atoms with E-state index in [1.807, 2.05) is 18.2 Å². The first-order chi connectivity index (χ1) is 16.9. The number of aromatic nitrogens is 3. The van der Waals surface area contributed by atoms with Crippen LogP contribution in [0.2, 0.25) is 0 Å². The van der Waals surface area contributed by atoms with Crippen molar-refractivity contribution < 1.29 is 5.11 Å². The van der Waals surface area contributed by atoms with Gasteiger partial charge in [-0.2, -0.15) is 4.98 Å². The van der Waals surface area contributed by atoms with Gasteiger partial charge in [0.1, 0.15) is 5.69 Å². The van der Waals surface area contributed by atoms with E-state index in [1.54, 1.807) is 23.0 Å². The Morgan fingerprint density at radius 2 is 1.83 bits per heavy atom. The molecule has 3 N–H and O–H groups in total. The van der Waals surface area contributed by atoms with Gasteiger partial charge in [0, 0.05) is 63.0 Å². The highest BCUT2D eigenvalue weighted by Crippen LogP contribution is 2.25. The van der Waals surface area contributed by atoms with Crippen molar-refractivity contribution in [3.05, 3.63) is 63.6 Å². The summed E-state index contributed by atoms with van der Waals surface area (Å²) in [7, 11) is 0. The van der Waals surface area contributed by atoms with E-state index in [0.717, 1.165) is 38.4 Å². The highest BCUT2D eigenvalue weighted by Gasteiger charge is 2.16. The minimum Gasteiger partial charge on any atom is -0.395 e. The summed E-state index contributed by atoms with van der Waals surface area (Å²) in [4.78, 5) is 26.4. The van der Waals surface area contributed by atoms with E-state index in [9.17, 15) is 4.79 Å². The second kappa shape index (κ2) is 11.7. The van der Waals surface area contributed by atoms with E-state index in [4.69, 9.17) is 5.11 Å². The van der Waals surface area contributed by atoms with E-state index in [-0.39, 0.29) is 12.2 Å². The molecule has 0 aliphatic carbocycles. The van der Waals surface area contributed by atoms with Crippen LogP contribution in [0.1, 0.15) is 13.8 Å². The zero-order valence-electron chi connectivity index (χ0n) is 20.1. The van der Waals surface area contributed by atoms with Crippen LogP contribution < -0.4 is 21.1 Å². The van der Waals surface area contributed by atoms with Crippen LogP contribution in [0.4, 0.5) is 28.8 Å². The summed E-state index contributed by atoms with van der Waals surface area (Å²) in [5.74, 6) is 1.31. The first-order valence-corrected chi connectivity index (χ1v) is 12.7. The lowest BCUT2D eigenvalue weighted by molar-refractivity contribution is 0.189. The van der Waals surface area contributed by atoms with Crippen LogP contribution in [0.25, 0.3) is 0 Å². The topological polar surface area (TPSA) is 98.6 Å². The molecule has 3 aromatic rings. The van der Waals surface area contributed by atoms with Gasteiger partial charge in [-0.1, -0.05) is 13.8 Å². The first kappa shape index (κ1) is 25.2. The molecule has 0 amide bonds. The average Bonchev–Trinajstić information content (AvgIpc) is 2.85. The van der Waals surface area contributed by atoms with E-state index in [1.165, 1.54) is 5.69 Å². The van der Waals surface area contributed by atoms with Crippen LogP contribution in [-0.4, -0.2) is 63.9 Å². The lowest BCUT2D eigenvalue weighted by atomic mass is 10.2. The number of pyridine rings is 1. The van der Waals surface area contributed by atoms with Crippen LogP contribution >= 0.6 is 15.9 Å². The van der Waals surface area contributed by atoms with Crippen LogP contribution in [0.15, 0.2) is 58.1 Å². The zero-order valence-corrected chi connectivity index (χ0v) is 21.7. The van der Waals surface area contributed by atoms with Gasteiger partial charge in [-0.15, -0.1) is 0 Å². The highest BCUT2D eigenvalue weighted by molar-refractivity contribution is 9.10. The third-order valence-corrected chi connectivity index (χ3v) is 6.44. The molecular formula is C25H32BrN7O2. The number of aliphatic hydroxyl groups excluding tert-OH is 1. The lowest BCUT2D eigenvalue weighted by Gasteiger charge is -2.35. The molecule has 3 heterocycles. The van der Waals surface area contributed by atoms with Gasteiger partial charge >= 0.3 is 0 Å². The Bertz CT molecular complexity index is 1180. The van der Waals surface area contributed by atoms with E-state index >= 15 is 0 Å². The third kappa shape index (κ3) is 6.59. The Kier molecular flexibility index (Phi) is 8.37. The third-order valence-electron chi connectivity index (χ3n) is 5.86. The second-order valence-electron chi connectivity index (χ2n) is 9.01. The van der Waals surface area contributed by atoms with Crippen molar-refractivity contribution in [3.8, 4) is 0 Å². The summed E-state index contributed by atoms with van der Waals surface area (Å²) < 4.78 is 2.37. The number of anilines is 5. The number of nitrogens with one attached hydrogen (secondary N) is 2. The molecule has 0 saturated carbocycles. The number of aliphatic hydroxyl groups is 1. The minimum absolute atomic E-state index is 0.0889. The van der Waals surface area contributed by atoms with Gasteiger partial charge in [0.2, 0.25) is 5.95 Å². The van der Waals surface area contributed by atoms with Crippen molar-refractivity contribution >= 4 is 44.8 Å². The maximum atomic E-state index is 12.8. The Hall–Kier alpha value is -2.95. The average molecular weight is 542 g/mol. The SMILES string of the molecule is CC(C)Cn1cccc(Nc2nc(Nc3ccc(N4CCN(CCO)CC4)cc3)ncc2Br)c1=O. The fourth-order valence-electron chi connectivity index (χ4n) is 4.07. The lowest BCUT2D eigenvalue weighted by Crippen LogP contribution is -2.47. The molecular weight excluding hydrogens is 510 g/mol. The summed E-state index contributed by atoms with van der Waals surface area (Å²) in [6.45, 7) is 9.54. The molecule has 0 spiro atoms. The molecule has 186 valence electrons. The van der Waals surface area contributed by atoms with Crippen molar-refractivity contribution in [3.63, 3.8) is 0 Å². The fourth-order valence-corrected chi connectivity index (χ4v) is 4.36. The van der Waals surface area contributed by atoms with Crippen molar-refractivity contribution in [2.24, 2.45) is 5.92 Å². The molecule has 1 saturated heterocycles. The Labute approximate surface area is 214 Å². The molecule has 1 fully saturated rings. The first-order valence-electron chi connectivity index (χ1n) is 11.9. The number of benzene rings is 1. The Morgan fingerprint density at radius 1 is 1.09 bits per heavy atom. The van der Waals surface area contributed by atoms with Gasteiger partial charge in [0.05, 0.1) is 11.1 Å². The molecule has 0 radical (unpaired) electrons. The molecule has 0 unspecified atom stereocenters. The van der Waals surface area contributed by atoms with Gasteiger partial charge in [-0.25, -0.2) is 4.98 Å². The normalized spacial score (nSPS) is 14.4. The molecule has 1 aromatic carbocycles. The highest BCUT2D eigenvalue weighted by atomic mass is 79.9. The number of nitrogens with zero attached hydrogens (tertiary/aromatic N) is 5. The number of halogens is 1. The molecule has 4 rings (SSSR count). The van der Waals surface area contributed by atoms with Crippen LogP contribution in [-0.2, 0) is 6.54 Å². The Morgan fingerprint density at radius 3 is 2.51 bits per heavy atom. The molecule has 1 aliphatic heterocycles. The Balaban J connectivity index is 1.43. The van der Waals surface area contributed by atoms with Crippen molar-refractivity contribution in [1.29, 1.82) is 0 Å². The maximum Gasteiger partial charge on any atom is 0.274 e. The number of piperazine rings is 1. The minimum atomic E-state index is -0.0889. The number of hydrogen-bond donors (Lipinski definition) is 3. The zero-order chi connectivity index (χ0) is 24.8. The number of hydrogen-bond acceptors (Lipinski definition) is 8. The summed E-state index contributed by atoms with van der Waals surface area (Å²) in [5.41, 5.74) is 2.41. The van der Waals surface area contributed by atoms with Crippen LogP contribution in [0.5, 0.6) is 0 Å². The predicted molar refractivity (Wildman–Crippen MR) is 144 cm³/mol. The van der Waals surface area contributed by atoms with Gasteiger partial charge in [0.25, 0.3) is 5.56 Å². The van der Waals surface area contributed by atoms with E-state index < -0.39 is 0 Å². The van der Waals surface area contributed by atoms with Gasteiger partial charge in [0.15, 0.2) is 5.82 Å². The maximum absolute atomic E-state index is 12.8. The van der Waals surface area contributed by atoms with Crippen LogP contribution in [0, 0.1) is 5.92 Å². The largest absolute Gasteiger partial charge is 0.395 e. The molecule has 35 heavy (non-hydrogen) atoms. The quantitative estimate of drug-likeness (QED) is 0.377. The van der Waals surface area contributed by atoms with Crippen molar-refractivity contribution in [2.75, 3.05) is 54.9 Å². The van der Waals surface area contributed by atoms with Crippen molar-refractivity contribution in [2.45, 2.75) is 20.4 Å². The molecule has 9 nitrogen and oxygen atoms in total. The fraction of sp³-hybridized carbons (Fsp3) is 0.400. The van der Waals surface area contributed by atoms with Crippen molar-refractivity contribution in [1.82, 2.24) is 19.4 Å². The summed E-state index contributed by atoms with van der Waals surface area (Å²) in [5, 5.41) is 15.5. The molecule has 1 aliphatic rings. The molecule has 10 heteroatoms. The number of β-amino-alcohol motifs (C(OH)–C–C–N with tert-alkyl or cyclic N) is 1. The molecule has 0 bridgehead atoms. The van der Waals surface area contributed by atoms with Gasteiger partial charge in [-0.05, 0) is 58.2 Å². The monoisotopic (exact) mass is 541 g/mol. The standard InChI is InChI=1S/C25H32BrN7O2/c1-18(2)17-33-9-3-4-22(24(33)35)29-23-21(26)16-27-25(30-23)28-19-5-7-20(8-6-19)32-12-10-31(11-13-32)14-15-34/h3-9,16,18,34H,10-15,17H2,1-2H3,(H2,27,28,29,30). The predicted octanol–water partition coefficient (Wildman–Crippen LogP) is 3.66. The smallest absolute Gasteiger partial charge is 0.274 e.